The van der Waals surface area contributed by atoms with Crippen LogP contribution in [0.15, 0.2) is 16.7 Å². The van der Waals surface area contributed by atoms with Crippen molar-refractivity contribution in [3.05, 3.63) is 22.3 Å². The first-order valence-corrected chi connectivity index (χ1v) is 4.46. The van der Waals surface area contributed by atoms with Crippen molar-refractivity contribution in [1.82, 2.24) is 4.98 Å². The van der Waals surface area contributed by atoms with Gasteiger partial charge >= 0.3 is 0 Å². The topological polar surface area (TPSA) is 24.9 Å². The summed E-state index contributed by atoms with van der Waals surface area (Å²) in [5, 5.41) is 3.29. The molecule has 0 bridgehead atoms. The summed E-state index contributed by atoms with van der Waals surface area (Å²) in [5.74, 6) is 1.04. The zero-order valence-corrected chi connectivity index (χ0v) is 7.85. The van der Waals surface area contributed by atoms with Crippen LogP contribution in [0.25, 0.3) is 0 Å². The molecule has 1 unspecified atom stereocenters. The maximum atomic E-state index is 4.25. The van der Waals surface area contributed by atoms with Gasteiger partial charge in [-0.05, 0) is 40.9 Å². The van der Waals surface area contributed by atoms with Crippen LogP contribution in [0.4, 0.5) is 5.82 Å². The molecule has 0 aliphatic carbocycles. The minimum absolute atomic E-state index is 0.534. The van der Waals surface area contributed by atoms with E-state index in [1.54, 1.807) is 0 Å². The number of nitrogens with one attached hydrogen (secondary N) is 1. The van der Waals surface area contributed by atoms with Crippen molar-refractivity contribution in [2.75, 3.05) is 5.32 Å². The van der Waals surface area contributed by atoms with Crippen LogP contribution in [0.1, 0.15) is 12.5 Å². The molecule has 2 rings (SSSR count). The molecule has 0 saturated carbocycles. The minimum Gasteiger partial charge on any atom is -0.367 e. The van der Waals surface area contributed by atoms with Gasteiger partial charge in [-0.3, -0.25) is 0 Å². The fourth-order valence-corrected chi connectivity index (χ4v) is 1.76. The standard InChI is InChI=1S/C8H9BrN2/c1-5-2-6-3-7(9)4-10-8(6)11-5/h3-5H,2H2,1H3,(H,10,11). The summed E-state index contributed by atoms with van der Waals surface area (Å²) in [5.41, 5.74) is 1.31. The summed E-state index contributed by atoms with van der Waals surface area (Å²) in [6.45, 7) is 2.16. The van der Waals surface area contributed by atoms with E-state index >= 15 is 0 Å². The van der Waals surface area contributed by atoms with E-state index in [1.807, 2.05) is 6.20 Å². The lowest BCUT2D eigenvalue weighted by atomic mass is 10.2. The highest BCUT2D eigenvalue weighted by Crippen LogP contribution is 2.25. The molecule has 1 N–H and O–H groups in total. The van der Waals surface area contributed by atoms with Crippen molar-refractivity contribution < 1.29 is 0 Å². The van der Waals surface area contributed by atoms with Crippen LogP contribution in [-0.4, -0.2) is 11.0 Å². The zero-order valence-electron chi connectivity index (χ0n) is 6.26. The van der Waals surface area contributed by atoms with Crippen molar-refractivity contribution in [3.63, 3.8) is 0 Å². The van der Waals surface area contributed by atoms with E-state index in [-0.39, 0.29) is 0 Å². The molecule has 58 valence electrons. The van der Waals surface area contributed by atoms with Crippen LogP contribution < -0.4 is 5.32 Å². The first kappa shape index (κ1) is 7.10. The second kappa shape index (κ2) is 2.48. The molecule has 1 aliphatic rings. The average Bonchev–Trinajstić information content (AvgIpc) is 2.27. The van der Waals surface area contributed by atoms with Gasteiger partial charge in [-0.2, -0.15) is 0 Å². The van der Waals surface area contributed by atoms with E-state index in [0.717, 1.165) is 16.7 Å². The van der Waals surface area contributed by atoms with E-state index in [9.17, 15) is 0 Å². The van der Waals surface area contributed by atoms with Gasteiger partial charge in [0, 0.05) is 16.7 Å². The lowest BCUT2D eigenvalue weighted by Crippen LogP contribution is -2.08. The van der Waals surface area contributed by atoms with Crippen molar-refractivity contribution in [2.24, 2.45) is 0 Å². The maximum Gasteiger partial charge on any atom is 0.129 e. The molecule has 2 heterocycles. The highest BCUT2D eigenvalue weighted by molar-refractivity contribution is 9.10. The molecule has 1 aromatic rings. The third-order valence-corrected chi connectivity index (χ3v) is 2.28. The Balaban J connectivity index is 2.43. The number of pyridine rings is 1. The average molecular weight is 213 g/mol. The number of aromatic nitrogens is 1. The molecular formula is C8H9BrN2. The summed E-state index contributed by atoms with van der Waals surface area (Å²) in [6, 6.07) is 2.66. The monoisotopic (exact) mass is 212 g/mol. The largest absolute Gasteiger partial charge is 0.367 e. The number of fused-ring (bicyclic) bond motifs is 1. The summed E-state index contributed by atoms with van der Waals surface area (Å²) in [7, 11) is 0. The second-order valence-electron chi connectivity index (χ2n) is 2.91. The Kier molecular flexibility index (Phi) is 1.60. The Bertz CT molecular complexity index is 285. The van der Waals surface area contributed by atoms with Gasteiger partial charge in [0.25, 0.3) is 0 Å². The van der Waals surface area contributed by atoms with Gasteiger partial charge in [0.15, 0.2) is 0 Å². The maximum absolute atomic E-state index is 4.25. The molecule has 1 aromatic heterocycles. The van der Waals surface area contributed by atoms with Crippen LogP contribution in [0.5, 0.6) is 0 Å². The Hall–Kier alpha value is -0.570. The third-order valence-electron chi connectivity index (χ3n) is 1.84. The highest BCUT2D eigenvalue weighted by Gasteiger charge is 2.17. The van der Waals surface area contributed by atoms with Gasteiger partial charge in [0.1, 0.15) is 5.82 Å². The Morgan fingerprint density at radius 2 is 2.55 bits per heavy atom. The predicted octanol–water partition coefficient (Wildman–Crippen LogP) is 2.20. The van der Waals surface area contributed by atoms with Crippen molar-refractivity contribution in [2.45, 2.75) is 19.4 Å². The number of anilines is 1. The van der Waals surface area contributed by atoms with E-state index in [1.165, 1.54) is 5.56 Å². The molecule has 0 aromatic carbocycles. The van der Waals surface area contributed by atoms with Crippen molar-refractivity contribution >= 4 is 21.7 Å². The number of rotatable bonds is 0. The first-order chi connectivity index (χ1) is 5.25. The molecule has 11 heavy (non-hydrogen) atoms. The number of nitrogens with zero attached hydrogens (tertiary/aromatic N) is 1. The third kappa shape index (κ3) is 1.25. The Morgan fingerprint density at radius 3 is 3.36 bits per heavy atom. The number of halogens is 1. The van der Waals surface area contributed by atoms with Crippen molar-refractivity contribution in [3.8, 4) is 0 Å². The van der Waals surface area contributed by atoms with E-state index in [4.69, 9.17) is 0 Å². The summed E-state index contributed by atoms with van der Waals surface area (Å²) in [6.07, 6.45) is 2.91. The van der Waals surface area contributed by atoms with Gasteiger partial charge in [0.2, 0.25) is 0 Å². The quantitative estimate of drug-likeness (QED) is 0.714. The molecule has 0 spiro atoms. The van der Waals surface area contributed by atoms with Gasteiger partial charge < -0.3 is 5.32 Å². The second-order valence-corrected chi connectivity index (χ2v) is 3.83. The first-order valence-electron chi connectivity index (χ1n) is 3.66. The molecule has 2 nitrogen and oxygen atoms in total. The van der Waals surface area contributed by atoms with Crippen LogP contribution >= 0.6 is 15.9 Å². The van der Waals surface area contributed by atoms with Crippen LogP contribution in [-0.2, 0) is 6.42 Å². The molecule has 1 atom stereocenters. The van der Waals surface area contributed by atoms with Gasteiger partial charge in [-0.25, -0.2) is 4.98 Å². The van der Waals surface area contributed by atoms with Crippen LogP contribution in [0, 0.1) is 0 Å². The minimum atomic E-state index is 0.534. The summed E-state index contributed by atoms with van der Waals surface area (Å²) < 4.78 is 1.06. The van der Waals surface area contributed by atoms with Crippen LogP contribution in [0.3, 0.4) is 0 Å². The van der Waals surface area contributed by atoms with Gasteiger partial charge in [-0.15, -0.1) is 0 Å². The molecule has 1 aliphatic heterocycles. The molecule has 0 saturated heterocycles. The SMILES string of the molecule is CC1Cc2cc(Br)cnc2N1. The van der Waals surface area contributed by atoms with Gasteiger partial charge in [0.05, 0.1) is 0 Å². The molecular weight excluding hydrogens is 204 g/mol. The number of hydrogen-bond donors (Lipinski definition) is 1. The fourth-order valence-electron chi connectivity index (χ4n) is 1.38. The van der Waals surface area contributed by atoms with E-state index in [0.29, 0.717) is 6.04 Å². The van der Waals surface area contributed by atoms with E-state index < -0.39 is 0 Å². The molecule has 0 amide bonds. The molecule has 0 fully saturated rings. The summed E-state index contributed by atoms with van der Waals surface area (Å²) in [4.78, 5) is 4.25. The van der Waals surface area contributed by atoms with E-state index in [2.05, 4.69) is 39.2 Å². The lowest BCUT2D eigenvalue weighted by molar-refractivity contribution is 0.838. The molecule has 3 heteroatoms. The number of hydrogen-bond acceptors (Lipinski definition) is 2. The smallest absolute Gasteiger partial charge is 0.129 e. The van der Waals surface area contributed by atoms with Gasteiger partial charge in [-0.1, -0.05) is 0 Å². The predicted molar refractivity (Wildman–Crippen MR) is 48.7 cm³/mol. The Morgan fingerprint density at radius 1 is 1.73 bits per heavy atom. The zero-order chi connectivity index (χ0) is 7.84. The van der Waals surface area contributed by atoms with Crippen LogP contribution in [0.2, 0.25) is 0 Å². The summed E-state index contributed by atoms with van der Waals surface area (Å²) >= 11 is 3.39. The fraction of sp³-hybridized carbons (Fsp3) is 0.375. The highest BCUT2D eigenvalue weighted by atomic mass is 79.9. The normalized spacial score (nSPS) is 21.1. The lowest BCUT2D eigenvalue weighted by Gasteiger charge is -1.99. The van der Waals surface area contributed by atoms with Crippen molar-refractivity contribution in [1.29, 1.82) is 0 Å². The molecule has 0 radical (unpaired) electrons. The Labute approximate surface area is 74.2 Å².